The van der Waals surface area contributed by atoms with Crippen LogP contribution in [0.15, 0.2) is 48.5 Å². The molecule has 0 bridgehead atoms. The topological polar surface area (TPSA) is 116 Å². The first-order valence-corrected chi connectivity index (χ1v) is 10.9. The van der Waals surface area contributed by atoms with Gasteiger partial charge in [0.2, 0.25) is 5.91 Å². The first kappa shape index (κ1) is 22.8. The van der Waals surface area contributed by atoms with E-state index in [0.717, 1.165) is 22.3 Å². The summed E-state index contributed by atoms with van der Waals surface area (Å²) in [6.45, 7) is 4.86. The van der Waals surface area contributed by atoms with Gasteiger partial charge in [0.15, 0.2) is 5.60 Å². The minimum absolute atomic E-state index is 0.104. The number of β-amino-alcohol motifs (C(OH)–C–C–N with tert-alkyl or cyclic N) is 1. The molecule has 2 aromatic carbocycles. The second-order valence-corrected chi connectivity index (χ2v) is 9.80. The number of carbonyl (C=O) groups is 3. The fourth-order valence-corrected chi connectivity index (χ4v) is 4.47. The molecule has 33 heavy (non-hydrogen) atoms. The number of nitrogens with zero attached hydrogens (tertiary/aromatic N) is 1. The number of alkyl carbamates (subject to hydrolysis) is 1. The molecule has 0 saturated carbocycles. The maximum Gasteiger partial charge on any atom is 0.407 e. The molecule has 2 aromatic rings. The first-order chi connectivity index (χ1) is 15.5. The Morgan fingerprint density at radius 3 is 2.06 bits per heavy atom. The van der Waals surface area contributed by atoms with Crippen LogP contribution in [0.1, 0.15) is 37.8 Å². The van der Waals surface area contributed by atoms with E-state index in [1.807, 2.05) is 48.5 Å². The second kappa shape index (κ2) is 8.19. The fourth-order valence-electron chi connectivity index (χ4n) is 4.47. The van der Waals surface area contributed by atoms with E-state index in [9.17, 15) is 19.5 Å². The highest BCUT2D eigenvalue weighted by molar-refractivity contribution is 5.90. The van der Waals surface area contributed by atoms with Crippen molar-refractivity contribution in [1.29, 1.82) is 0 Å². The van der Waals surface area contributed by atoms with E-state index in [0.29, 0.717) is 0 Å². The van der Waals surface area contributed by atoms with E-state index < -0.39 is 35.0 Å². The number of aliphatic hydroxyl groups is 1. The lowest BCUT2D eigenvalue weighted by molar-refractivity contribution is -0.183. The maximum atomic E-state index is 13.0. The Balaban J connectivity index is 1.43. The molecule has 0 unspecified atom stereocenters. The predicted molar refractivity (Wildman–Crippen MR) is 121 cm³/mol. The van der Waals surface area contributed by atoms with Gasteiger partial charge < -0.3 is 25.2 Å². The summed E-state index contributed by atoms with van der Waals surface area (Å²) >= 11 is 0. The molecule has 1 aliphatic carbocycles. The van der Waals surface area contributed by atoms with Crippen molar-refractivity contribution >= 4 is 18.0 Å². The summed E-state index contributed by atoms with van der Waals surface area (Å²) in [7, 11) is 0. The van der Waals surface area contributed by atoms with Crippen LogP contribution in [0, 0.1) is 5.41 Å². The number of carboxylic acid groups (broad SMARTS) is 1. The van der Waals surface area contributed by atoms with Crippen LogP contribution in [0.4, 0.5) is 4.79 Å². The quantitative estimate of drug-likeness (QED) is 0.642. The average Bonchev–Trinajstić information content (AvgIpc) is 3.06. The number of carbonyl (C=O) groups excluding carboxylic acids is 2. The van der Waals surface area contributed by atoms with E-state index in [1.54, 1.807) is 20.8 Å². The molecule has 8 heteroatoms. The van der Waals surface area contributed by atoms with Gasteiger partial charge in [-0.1, -0.05) is 69.3 Å². The third kappa shape index (κ3) is 4.18. The molecule has 0 aromatic heterocycles. The van der Waals surface area contributed by atoms with Crippen LogP contribution < -0.4 is 5.32 Å². The summed E-state index contributed by atoms with van der Waals surface area (Å²) in [5.41, 5.74) is 1.82. The van der Waals surface area contributed by atoms with E-state index in [4.69, 9.17) is 9.84 Å². The van der Waals surface area contributed by atoms with Crippen molar-refractivity contribution in [3.05, 3.63) is 59.7 Å². The van der Waals surface area contributed by atoms with Crippen molar-refractivity contribution < 1.29 is 29.3 Å². The van der Waals surface area contributed by atoms with Gasteiger partial charge in [0, 0.05) is 5.92 Å². The lowest BCUT2D eigenvalue weighted by atomic mass is 9.84. The molecule has 1 atom stereocenters. The van der Waals surface area contributed by atoms with Crippen molar-refractivity contribution in [3.63, 3.8) is 0 Å². The molecule has 1 fully saturated rings. The van der Waals surface area contributed by atoms with Crippen LogP contribution in [0.5, 0.6) is 0 Å². The third-order valence-electron chi connectivity index (χ3n) is 6.33. The second-order valence-electron chi connectivity index (χ2n) is 9.80. The van der Waals surface area contributed by atoms with E-state index in [1.165, 1.54) is 4.90 Å². The van der Waals surface area contributed by atoms with Crippen LogP contribution in [0.2, 0.25) is 0 Å². The molecule has 2 aliphatic rings. The molecule has 1 saturated heterocycles. The Bertz CT molecular complexity index is 1050. The SMILES string of the molecule is CC(C)(C)[C@H](NC(=O)OCC1c2ccccc2-c2ccccc21)C(=O)N1CC(O)(C(=O)O)C1. The van der Waals surface area contributed by atoms with Crippen LogP contribution in [-0.2, 0) is 14.3 Å². The molecule has 2 amide bonds. The van der Waals surface area contributed by atoms with Gasteiger partial charge in [-0.15, -0.1) is 0 Å². The van der Waals surface area contributed by atoms with Crippen LogP contribution in [0.3, 0.4) is 0 Å². The Kier molecular flexibility index (Phi) is 5.66. The summed E-state index contributed by atoms with van der Waals surface area (Å²) in [6, 6.07) is 15.1. The number of nitrogens with one attached hydrogen (secondary N) is 1. The maximum absolute atomic E-state index is 13.0. The molecule has 1 heterocycles. The van der Waals surface area contributed by atoms with Crippen LogP contribution in [0.25, 0.3) is 11.1 Å². The number of amides is 2. The van der Waals surface area contributed by atoms with Gasteiger partial charge in [0.05, 0.1) is 13.1 Å². The first-order valence-electron chi connectivity index (χ1n) is 10.9. The van der Waals surface area contributed by atoms with Crippen LogP contribution in [-0.4, -0.2) is 64.4 Å². The summed E-state index contributed by atoms with van der Waals surface area (Å²) in [5.74, 6) is -1.93. The van der Waals surface area contributed by atoms with E-state index in [-0.39, 0.29) is 25.6 Å². The number of carboxylic acids is 1. The van der Waals surface area contributed by atoms with Crippen molar-refractivity contribution in [2.75, 3.05) is 19.7 Å². The Labute approximate surface area is 192 Å². The highest BCUT2D eigenvalue weighted by atomic mass is 16.5. The third-order valence-corrected chi connectivity index (χ3v) is 6.33. The van der Waals surface area contributed by atoms with E-state index in [2.05, 4.69) is 5.32 Å². The zero-order valence-electron chi connectivity index (χ0n) is 18.9. The standard InChI is InChI=1S/C25H28N2O6/c1-24(2,3)20(21(28)27-13-25(32,14-27)22(29)30)26-23(31)33-12-19-17-10-6-4-8-15(17)16-9-5-7-11-18(16)19/h4-11,19-20,32H,12-14H2,1-3H3,(H,26,31)(H,29,30)/t20-/m1/s1. The van der Waals surface area contributed by atoms with Gasteiger partial charge in [0.1, 0.15) is 12.6 Å². The van der Waals surface area contributed by atoms with Gasteiger partial charge in [-0.25, -0.2) is 9.59 Å². The number of rotatable bonds is 5. The highest BCUT2D eigenvalue weighted by Gasteiger charge is 2.52. The van der Waals surface area contributed by atoms with E-state index >= 15 is 0 Å². The summed E-state index contributed by atoms with van der Waals surface area (Å²) < 4.78 is 5.56. The van der Waals surface area contributed by atoms with Gasteiger partial charge in [0.25, 0.3) is 0 Å². The molecule has 0 radical (unpaired) electrons. The molecule has 174 valence electrons. The van der Waals surface area contributed by atoms with Crippen molar-refractivity contribution in [3.8, 4) is 11.1 Å². The van der Waals surface area contributed by atoms with Gasteiger partial charge in [-0.05, 0) is 27.7 Å². The Morgan fingerprint density at radius 1 is 1.06 bits per heavy atom. The van der Waals surface area contributed by atoms with Gasteiger partial charge >= 0.3 is 12.1 Å². The van der Waals surface area contributed by atoms with Crippen molar-refractivity contribution in [2.45, 2.75) is 38.3 Å². The number of likely N-dealkylation sites (tertiary alicyclic amines) is 1. The number of hydrogen-bond acceptors (Lipinski definition) is 5. The molecular weight excluding hydrogens is 424 g/mol. The normalized spacial score (nSPS) is 17.4. The summed E-state index contributed by atoms with van der Waals surface area (Å²) in [6.07, 6.45) is -0.723. The zero-order chi connectivity index (χ0) is 24.0. The number of hydrogen-bond donors (Lipinski definition) is 3. The minimum atomic E-state index is -1.94. The fraction of sp³-hybridized carbons (Fsp3) is 0.400. The van der Waals surface area contributed by atoms with Crippen molar-refractivity contribution in [1.82, 2.24) is 10.2 Å². The average molecular weight is 453 g/mol. The summed E-state index contributed by atoms with van der Waals surface area (Å²) in [5, 5.41) is 21.7. The largest absolute Gasteiger partial charge is 0.479 e. The predicted octanol–water partition coefficient (Wildman–Crippen LogP) is 2.60. The number of ether oxygens (including phenoxy) is 1. The monoisotopic (exact) mass is 452 g/mol. The van der Waals surface area contributed by atoms with Crippen molar-refractivity contribution in [2.24, 2.45) is 5.41 Å². The van der Waals surface area contributed by atoms with Gasteiger partial charge in [-0.2, -0.15) is 0 Å². The zero-order valence-corrected chi connectivity index (χ0v) is 18.9. The number of fused-ring (bicyclic) bond motifs is 3. The molecule has 4 rings (SSSR count). The molecule has 8 nitrogen and oxygen atoms in total. The molecule has 0 spiro atoms. The Hall–Kier alpha value is -3.39. The van der Waals surface area contributed by atoms with Crippen LogP contribution >= 0.6 is 0 Å². The molecular formula is C25H28N2O6. The Morgan fingerprint density at radius 2 is 1.58 bits per heavy atom. The lowest BCUT2D eigenvalue weighted by Crippen LogP contribution is -2.70. The molecule has 1 aliphatic heterocycles. The smallest absolute Gasteiger partial charge is 0.407 e. The number of aliphatic carboxylic acids is 1. The lowest BCUT2D eigenvalue weighted by Gasteiger charge is -2.46. The molecule has 3 N–H and O–H groups in total. The number of benzene rings is 2. The minimum Gasteiger partial charge on any atom is -0.479 e. The van der Waals surface area contributed by atoms with Gasteiger partial charge in [-0.3, -0.25) is 4.79 Å². The highest BCUT2D eigenvalue weighted by Crippen LogP contribution is 2.44. The summed E-state index contributed by atoms with van der Waals surface area (Å²) in [4.78, 5) is 38.0.